The number of nitrogens with two attached hydrogens (primary N) is 1. The Morgan fingerprint density at radius 2 is 1.86 bits per heavy atom. The van der Waals surface area contributed by atoms with Crippen LogP contribution < -0.4 is 21.3 Å². The number of rotatable bonds is 14. The summed E-state index contributed by atoms with van der Waals surface area (Å²) in [5.41, 5.74) is 6.73. The number of hydrogen-bond donors (Lipinski definition) is 3. The molecule has 1 atom stereocenters. The Labute approximate surface area is 255 Å². The van der Waals surface area contributed by atoms with Crippen LogP contribution in [0.2, 0.25) is 0 Å². The number of nitriles is 1. The van der Waals surface area contributed by atoms with Crippen molar-refractivity contribution in [2.75, 3.05) is 27.8 Å². The molecular weight excluding hydrogens is 544 g/mol. The zero-order valence-corrected chi connectivity index (χ0v) is 26.7. The van der Waals surface area contributed by atoms with Gasteiger partial charge in [-0.05, 0) is 57.5 Å². The molecule has 1 aromatic carbocycles. The van der Waals surface area contributed by atoms with Gasteiger partial charge >= 0.3 is 0 Å². The molecule has 0 saturated heterocycles. The van der Waals surface area contributed by atoms with E-state index in [1.54, 1.807) is 44.6 Å². The number of amides is 1. The fourth-order valence-electron chi connectivity index (χ4n) is 6.25. The van der Waals surface area contributed by atoms with E-state index in [2.05, 4.69) is 50.6 Å². The van der Waals surface area contributed by atoms with Crippen LogP contribution in [0.5, 0.6) is 5.75 Å². The lowest BCUT2D eigenvalue weighted by molar-refractivity contribution is -0.139. The predicted molar refractivity (Wildman–Crippen MR) is 172 cm³/mol. The van der Waals surface area contributed by atoms with E-state index in [9.17, 15) is 14.9 Å². The zero-order valence-electron chi connectivity index (χ0n) is 26.7. The summed E-state index contributed by atoms with van der Waals surface area (Å²) in [6, 6.07) is 8.83. The second kappa shape index (κ2) is 16.2. The van der Waals surface area contributed by atoms with E-state index in [0.29, 0.717) is 16.7 Å². The molecule has 1 aromatic heterocycles. The summed E-state index contributed by atoms with van der Waals surface area (Å²) in [6.07, 6.45) is 10.5. The van der Waals surface area contributed by atoms with Crippen LogP contribution in [0.3, 0.4) is 0 Å². The first kappa shape index (κ1) is 35.5. The molecule has 0 spiro atoms. The van der Waals surface area contributed by atoms with Crippen molar-refractivity contribution in [2.24, 2.45) is 22.5 Å². The summed E-state index contributed by atoms with van der Waals surface area (Å²) >= 11 is 0. The van der Waals surface area contributed by atoms with E-state index in [4.69, 9.17) is 19.9 Å². The number of nitrogens with one attached hydrogen (secondary N) is 2. The number of aromatic amines is 1. The molecule has 0 radical (unpaired) electrons. The maximum atomic E-state index is 11.6. The van der Waals surface area contributed by atoms with E-state index in [-0.39, 0.29) is 34.7 Å². The van der Waals surface area contributed by atoms with Gasteiger partial charge < -0.3 is 30.2 Å². The van der Waals surface area contributed by atoms with Gasteiger partial charge in [0.05, 0.1) is 11.1 Å². The number of carbonyl (C=O) groups is 1. The Kier molecular flexibility index (Phi) is 13.4. The van der Waals surface area contributed by atoms with Gasteiger partial charge in [-0.15, -0.1) is 0 Å². The van der Waals surface area contributed by atoms with Crippen molar-refractivity contribution in [1.82, 2.24) is 10.3 Å². The number of primary amides is 1. The lowest BCUT2D eigenvalue weighted by Crippen LogP contribution is -2.58. The second-order valence-corrected chi connectivity index (χ2v) is 12.2. The highest BCUT2D eigenvalue weighted by molar-refractivity contribution is 5.95. The fourth-order valence-corrected chi connectivity index (χ4v) is 6.25. The highest BCUT2D eigenvalue weighted by Gasteiger charge is 2.55. The number of fused-ring (bicyclic) bond motifs is 1. The number of methoxy groups -OCH3 is 2. The topological polar surface area (TPSA) is 139 Å². The number of allylic oxidation sites excluding steroid dienone is 3. The van der Waals surface area contributed by atoms with Crippen LogP contribution in [0.4, 0.5) is 0 Å². The van der Waals surface area contributed by atoms with Gasteiger partial charge in [-0.1, -0.05) is 58.6 Å². The normalized spacial score (nSPS) is 16.7. The van der Waals surface area contributed by atoms with Crippen LogP contribution >= 0.6 is 0 Å². The first-order valence-electron chi connectivity index (χ1n) is 14.6. The predicted octanol–water partition coefficient (Wildman–Crippen LogP) is 5.37. The quantitative estimate of drug-likeness (QED) is 0.152. The maximum Gasteiger partial charge on any atom is 0.248 e. The van der Waals surface area contributed by atoms with E-state index in [1.807, 2.05) is 19.2 Å². The maximum absolute atomic E-state index is 11.6. The van der Waals surface area contributed by atoms with Gasteiger partial charge in [0.25, 0.3) is 0 Å². The van der Waals surface area contributed by atoms with Crippen molar-refractivity contribution in [2.45, 2.75) is 65.8 Å². The number of H-pyrrole nitrogens is 1. The molecule has 43 heavy (non-hydrogen) atoms. The molecule has 1 fully saturated rings. The van der Waals surface area contributed by atoms with Crippen molar-refractivity contribution >= 4 is 16.8 Å². The van der Waals surface area contributed by atoms with Crippen LogP contribution in [0, 0.1) is 28.1 Å². The molecule has 1 heterocycles. The molecular formula is C34H48N4O5. The first-order chi connectivity index (χ1) is 20.3. The minimum absolute atomic E-state index is 0.100. The molecule has 0 aliphatic heterocycles. The van der Waals surface area contributed by atoms with Gasteiger partial charge in [0.1, 0.15) is 17.9 Å². The number of nitrogens with zero attached hydrogens (tertiary/aromatic N) is 1. The standard InChI is InChI=1S/C18H20N2O2.C16H28N2O3/c1-17(2)10-18(3,4)16(17)22-13-7-5-11(9-19)15-12(13)6-8-14(21)20-15;1-5-8-13(15(17)19)9-6-7-10-14(11-12-18-2)16(20-3)21-4/h5-8,16H,10H2,1-4H3,(H,20,21);5-6,8-9,14,16,18H,1,7,10-12H2,2-4H3,(H2,17,19)/b;9-6-,13-8+. The van der Waals surface area contributed by atoms with Crippen LogP contribution in [0.25, 0.3) is 10.9 Å². The lowest BCUT2D eigenvalue weighted by atomic mass is 9.53. The second-order valence-electron chi connectivity index (χ2n) is 12.2. The minimum Gasteiger partial charge on any atom is -0.489 e. The summed E-state index contributed by atoms with van der Waals surface area (Å²) in [5.74, 6) is 0.554. The number of hydrogen-bond acceptors (Lipinski definition) is 7. The smallest absolute Gasteiger partial charge is 0.248 e. The van der Waals surface area contributed by atoms with Crippen molar-refractivity contribution in [3.8, 4) is 11.8 Å². The largest absolute Gasteiger partial charge is 0.489 e. The van der Waals surface area contributed by atoms with Gasteiger partial charge in [-0.2, -0.15) is 5.26 Å². The molecule has 1 aliphatic carbocycles. The van der Waals surface area contributed by atoms with Gasteiger partial charge in [0.15, 0.2) is 6.29 Å². The Morgan fingerprint density at radius 3 is 2.40 bits per heavy atom. The van der Waals surface area contributed by atoms with Crippen molar-refractivity contribution in [1.29, 1.82) is 5.26 Å². The number of aromatic nitrogens is 1. The third-order valence-electron chi connectivity index (χ3n) is 7.75. The third-order valence-corrected chi connectivity index (χ3v) is 7.75. The molecule has 1 aliphatic rings. The number of carbonyl (C=O) groups excluding carboxylic acids is 1. The molecule has 2 aromatic rings. The number of ether oxygens (including phenoxy) is 3. The van der Waals surface area contributed by atoms with E-state index in [0.717, 1.165) is 43.4 Å². The molecule has 1 unspecified atom stereocenters. The number of benzene rings is 1. The SMILES string of the molecule is C=C/C=C(\C=C/CCC(CCNC)C(OC)OC)C(N)=O.CC1(C)CC(C)(C)C1Oc1ccc(C#N)c2[nH]c(=O)ccc12. The zero-order chi connectivity index (χ0) is 32.2. The summed E-state index contributed by atoms with van der Waals surface area (Å²) in [4.78, 5) is 25.5. The highest BCUT2D eigenvalue weighted by Crippen LogP contribution is 2.55. The number of pyridine rings is 1. The highest BCUT2D eigenvalue weighted by atomic mass is 16.7. The van der Waals surface area contributed by atoms with Gasteiger partial charge in [0.2, 0.25) is 11.5 Å². The van der Waals surface area contributed by atoms with Gasteiger partial charge in [0, 0.05) is 48.0 Å². The third kappa shape index (κ3) is 9.65. The van der Waals surface area contributed by atoms with E-state index < -0.39 is 5.91 Å². The Bertz CT molecular complexity index is 1380. The molecule has 4 N–H and O–H groups in total. The Balaban J connectivity index is 0.000000301. The molecule has 3 rings (SSSR count). The van der Waals surface area contributed by atoms with Crippen LogP contribution in [0.1, 0.15) is 58.9 Å². The molecule has 9 nitrogen and oxygen atoms in total. The summed E-state index contributed by atoms with van der Waals surface area (Å²) in [5, 5.41) is 13.1. The van der Waals surface area contributed by atoms with Crippen molar-refractivity contribution < 1.29 is 19.0 Å². The molecule has 1 saturated carbocycles. The molecule has 0 bridgehead atoms. The van der Waals surface area contributed by atoms with Gasteiger partial charge in [-0.25, -0.2) is 0 Å². The first-order valence-corrected chi connectivity index (χ1v) is 14.6. The average molecular weight is 593 g/mol. The Morgan fingerprint density at radius 1 is 1.19 bits per heavy atom. The molecule has 1 amide bonds. The summed E-state index contributed by atoms with van der Waals surface area (Å²) < 4.78 is 17.0. The Hall–Kier alpha value is -3.71. The van der Waals surface area contributed by atoms with E-state index >= 15 is 0 Å². The van der Waals surface area contributed by atoms with Crippen LogP contribution in [0.15, 0.2) is 65.5 Å². The van der Waals surface area contributed by atoms with Gasteiger partial charge in [-0.3, -0.25) is 9.59 Å². The summed E-state index contributed by atoms with van der Waals surface area (Å²) in [7, 11) is 5.22. The fraction of sp³-hybridized carbons (Fsp3) is 0.500. The average Bonchev–Trinajstić information content (AvgIpc) is 2.95. The van der Waals surface area contributed by atoms with Crippen LogP contribution in [-0.4, -0.2) is 51.1 Å². The molecule has 234 valence electrons. The van der Waals surface area contributed by atoms with Crippen molar-refractivity contribution in [3.05, 3.63) is 76.6 Å². The van der Waals surface area contributed by atoms with Crippen LogP contribution in [-0.2, 0) is 14.3 Å². The van der Waals surface area contributed by atoms with Crippen molar-refractivity contribution in [3.63, 3.8) is 0 Å². The molecule has 9 heteroatoms. The van der Waals surface area contributed by atoms with E-state index in [1.165, 1.54) is 6.07 Å². The minimum atomic E-state index is -0.454. The lowest BCUT2D eigenvalue weighted by Gasteiger charge is -2.56. The monoisotopic (exact) mass is 592 g/mol. The summed E-state index contributed by atoms with van der Waals surface area (Å²) in [6.45, 7) is 13.3.